The van der Waals surface area contributed by atoms with E-state index in [1.165, 1.54) is 35.7 Å². The van der Waals surface area contributed by atoms with Crippen molar-refractivity contribution in [2.45, 2.75) is 51.6 Å². The highest BCUT2D eigenvalue weighted by atomic mass is 32.1. The van der Waals surface area contributed by atoms with Crippen LogP contribution in [0.5, 0.6) is 0 Å². The first-order chi connectivity index (χ1) is 7.72. The molecule has 90 valence electrons. The van der Waals surface area contributed by atoms with Crippen molar-refractivity contribution in [3.05, 3.63) is 11.1 Å². The van der Waals surface area contributed by atoms with Gasteiger partial charge in [0.2, 0.25) is 0 Å². The van der Waals surface area contributed by atoms with Gasteiger partial charge in [-0.25, -0.2) is 4.98 Å². The maximum atomic E-state index is 5.88. The zero-order valence-corrected chi connectivity index (χ0v) is 11.0. The Morgan fingerprint density at radius 3 is 3.06 bits per heavy atom. The summed E-state index contributed by atoms with van der Waals surface area (Å²) in [6, 6.07) is 0.789. The molecule has 0 spiro atoms. The molecule has 2 unspecified atom stereocenters. The lowest BCUT2D eigenvalue weighted by Crippen LogP contribution is -2.38. The first kappa shape index (κ1) is 11.9. The Morgan fingerprint density at radius 1 is 1.62 bits per heavy atom. The van der Waals surface area contributed by atoms with Gasteiger partial charge in [-0.3, -0.25) is 0 Å². The Hall–Kier alpha value is -0.610. The number of piperidine rings is 1. The van der Waals surface area contributed by atoms with Crippen LogP contribution >= 0.6 is 11.3 Å². The molecular weight excluding hydrogens is 218 g/mol. The van der Waals surface area contributed by atoms with Gasteiger partial charge in [-0.1, -0.05) is 6.92 Å². The van der Waals surface area contributed by atoms with E-state index >= 15 is 0 Å². The zero-order valence-electron chi connectivity index (χ0n) is 10.1. The van der Waals surface area contributed by atoms with Gasteiger partial charge in [-0.15, -0.1) is 11.3 Å². The smallest absolute Gasteiger partial charge is 0.185 e. The highest BCUT2D eigenvalue weighted by Crippen LogP contribution is 2.31. The summed E-state index contributed by atoms with van der Waals surface area (Å²) in [5.74, 6) is 0. The van der Waals surface area contributed by atoms with E-state index in [1.54, 1.807) is 11.3 Å². The molecule has 0 aliphatic carbocycles. The Kier molecular flexibility index (Phi) is 3.82. The standard InChI is InChI=1S/C12H21N3S/c1-3-10-6-4-5-7-15(10)12-14-8-11(16-12)9(2)13/h8-10H,3-7,13H2,1-2H3. The van der Waals surface area contributed by atoms with E-state index in [-0.39, 0.29) is 6.04 Å². The third-order valence-corrected chi connectivity index (χ3v) is 4.54. The van der Waals surface area contributed by atoms with Gasteiger partial charge >= 0.3 is 0 Å². The fourth-order valence-electron chi connectivity index (χ4n) is 2.30. The van der Waals surface area contributed by atoms with E-state index in [4.69, 9.17) is 5.73 Å². The first-order valence-corrected chi connectivity index (χ1v) is 7.02. The molecule has 0 aromatic carbocycles. The fraction of sp³-hybridized carbons (Fsp3) is 0.750. The third kappa shape index (κ3) is 2.38. The molecule has 2 N–H and O–H groups in total. The predicted molar refractivity (Wildman–Crippen MR) is 70.0 cm³/mol. The fourth-order valence-corrected chi connectivity index (χ4v) is 3.26. The molecule has 16 heavy (non-hydrogen) atoms. The molecule has 1 aliphatic rings. The second kappa shape index (κ2) is 5.15. The summed E-state index contributed by atoms with van der Waals surface area (Å²) in [7, 11) is 0. The summed E-state index contributed by atoms with van der Waals surface area (Å²) < 4.78 is 0. The minimum atomic E-state index is 0.108. The monoisotopic (exact) mass is 239 g/mol. The van der Waals surface area contributed by atoms with Gasteiger partial charge in [0.15, 0.2) is 5.13 Å². The molecule has 3 nitrogen and oxygen atoms in total. The molecule has 1 aromatic heterocycles. The summed E-state index contributed by atoms with van der Waals surface area (Å²) in [6.45, 7) is 5.44. The average Bonchev–Trinajstić information content (AvgIpc) is 2.78. The van der Waals surface area contributed by atoms with E-state index in [0.29, 0.717) is 6.04 Å². The van der Waals surface area contributed by atoms with Crippen molar-refractivity contribution in [3.63, 3.8) is 0 Å². The van der Waals surface area contributed by atoms with E-state index in [2.05, 4.69) is 16.8 Å². The van der Waals surface area contributed by atoms with Gasteiger partial charge in [-0.2, -0.15) is 0 Å². The average molecular weight is 239 g/mol. The van der Waals surface area contributed by atoms with Crippen molar-refractivity contribution < 1.29 is 0 Å². The summed E-state index contributed by atoms with van der Waals surface area (Å²) in [5.41, 5.74) is 5.88. The quantitative estimate of drug-likeness (QED) is 0.882. The molecule has 1 aromatic rings. The molecule has 1 aliphatic heterocycles. The highest BCUT2D eigenvalue weighted by molar-refractivity contribution is 7.15. The van der Waals surface area contributed by atoms with E-state index in [9.17, 15) is 0 Å². The largest absolute Gasteiger partial charge is 0.345 e. The van der Waals surface area contributed by atoms with Crippen LogP contribution in [-0.4, -0.2) is 17.6 Å². The van der Waals surface area contributed by atoms with Gasteiger partial charge in [0.05, 0.1) is 0 Å². The summed E-state index contributed by atoms with van der Waals surface area (Å²) in [4.78, 5) is 8.19. The van der Waals surface area contributed by atoms with Crippen molar-refractivity contribution >= 4 is 16.5 Å². The molecule has 2 atom stereocenters. The van der Waals surface area contributed by atoms with Gasteiger partial charge < -0.3 is 10.6 Å². The minimum Gasteiger partial charge on any atom is -0.345 e. The Labute approximate surface area is 102 Å². The number of thiazole rings is 1. The first-order valence-electron chi connectivity index (χ1n) is 6.20. The number of aromatic nitrogens is 1. The topological polar surface area (TPSA) is 42.2 Å². The molecule has 0 saturated carbocycles. The van der Waals surface area contributed by atoms with E-state index in [0.717, 1.165) is 6.54 Å². The van der Waals surface area contributed by atoms with Crippen LogP contribution in [0.2, 0.25) is 0 Å². The number of anilines is 1. The van der Waals surface area contributed by atoms with Crippen molar-refractivity contribution in [1.82, 2.24) is 4.98 Å². The number of nitrogens with zero attached hydrogens (tertiary/aromatic N) is 2. The molecule has 4 heteroatoms. The third-order valence-electron chi connectivity index (χ3n) is 3.30. The van der Waals surface area contributed by atoms with Crippen LogP contribution in [0, 0.1) is 0 Å². The van der Waals surface area contributed by atoms with E-state index in [1.807, 2.05) is 13.1 Å². The lowest BCUT2D eigenvalue weighted by Gasteiger charge is -2.35. The zero-order chi connectivity index (χ0) is 11.5. The number of nitrogens with two attached hydrogens (primary N) is 1. The minimum absolute atomic E-state index is 0.108. The van der Waals surface area contributed by atoms with E-state index < -0.39 is 0 Å². The number of hydrogen-bond acceptors (Lipinski definition) is 4. The normalized spacial score (nSPS) is 23.4. The van der Waals surface area contributed by atoms with Gasteiger partial charge in [0.1, 0.15) is 0 Å². The van der Waals surface area contributed by atoms with Crippen molar-refractivity contribution in [3.8, 4) is 0 Å². The van der Waals surface area contributed by atoms with Crippen LogP contribution in [0.3, 0.4) is 0 Å². The Bertz CT molecular complexity index is 335. The second-order valence-corrected chi connectivity index (χ2v) is 5.63. The highest BCUT2D eigenvalue weighted by Gasteiger charge is 2.23. The van der Waals surface area contributed by atoms with Crippen LogP contribution in [0.25, 0.3) is 0 Å². The van der Waals surface area contributed by atoms with Gasteiger partial charge in [0.25, 0.3) is 0 Å². The van der Waals surface area contributed by atoms with Crippen LogP contribution in [0.4, 0.5) is 5.13 Å². The van der Waals surface area contributed by atoms with Gasteiger partial charge in [-0.05, 0) is 32.6 Å². The molecule has 1 fully saturated rings. The maximum absolute atomic E-state index is 5.88. The van der Waals surface area contributed by atoms with Gasteiger partial charge in [0, 0.05) is 29.7 Å². The maximum Gasteiger partial charge on any atom is 0.185 e. The van der Waals surface area contributed by atoms with Crippen molar-refractivity contribution in [2.24, 2.45) is 5.73 Å². The molecule has 1 saturated heterocycles. The Morgan fingerprint density at radius 2 is 2.44 bits per heavy atom. The Balaban J connectivity index is 2.14. The van der Waals surface area contributed by atoms with Crippen LogP contribution in [0.1, 0.15) is 50.4 Å². The molecule has 2 rings (SSSR count). The van der Waals surface area contributed by atoms with Crippen molar-refractivity contribution in [2.75, 3.05) is 11.4 Å². The van der Waals surface area contributed by atoms with Crippen molar-refractivity contribution in [1.29, 1.82) is 0 Å². The molecule has 0 amide bonds. The SMILES string of the molecule is CCC1CCCCN1c1ncc(C(C)N)s1. The summed E-state index contributed by atoms with van der Waals surface area (Å²) >= 11 is 1.76. The predicted octanol–water partition coefficient (Wildman–Crippen LogP) is 2.93. The summed E-state index contributed by atoms with van der Waals surface area (Å²) in [5, 5.41) is 1.17. The van der Waals surface area contributed by atoms with Crippen LogP contribution < -0.4 is 10.6 Å². The lowest BCUT2D eigenvalue weighted by atomic mass is 10.0. The van der Waals surface area contributed by atoms with Crippen LogP contribution in [0.15, 0.2) is 6.20 Å². The molecule has 2 heterocycles. The van der Waals surface area contributed by atoms with Crippen LogP contribution in [-0.2, 0) is 0 Å². The summed E-state index contributed by atoms with van der Waals surface area (Å²) in [6.07, 6.45) is 7.12. The number of hydrogen-bond donors (Lipinski definition) is 1. The molecular formula is C12H21N3S. The molecule has 0 radical (unpaired) electrons. The second-order valence-electron chi connectivity index (χ2n) is 4.59. The number of rotatable bonds is 3. The lowest BCUT2D eigenvalue weighted by molar-refractivity contribution is 0.449. The molecule has 0 bridgehead atoms.